The molecular formula is C22H23N7O2. The number of fused-ring (bicyclic) bond motifs is 1. The Labute approximate surface area is 179 Å². The number of carbonyl (C=O) groups is 2. The lowest BCUT2D eigenvalue weighted by molar-refractivity contribution is -0.131. The molecule has 0 saturated carbocycles. The Kier molecular flexibility index (Phi) is 5.74. The molecule has 9 nitrogen and oxygen atoms in total. The summed E-state index contributed by atoms with van der Waals surface area (Å²) in [7, 11) is 0. The molecule has 0 fully saturated rings. The number of aromatic nitrogens is 5. The largest absolute Gasteiger partial charge is 0.342 e. The van der Waals surface area contributed by atoms with Crippen molar-refractivity contribution in [1.82, 2.24) is 29.7 Å². The topological polar surface area (TPSA) is 97.9 Å². The lowest BCUT2D eigenvalue weighted by Gasteiger charge is -2.19. The van der Waals surface area contributed by atoms with Crippen LogP contribution < -0.4 is 5.32 Å². The van der Waals surface area contributed by atoms with Crippen molar-refractivity contribution < 1.29 is 9.59 Å². The lowest BCUT2D eigenvalue weighted by Crippen LogP contribution is -2.33. The number of hydrogen-bond acceptors (Lipinski definition) is 5. The van der Waals surface area contributed by atoms with Gasteiger partial charge in [0.1, 0.15) is 12.9 Å². The second-order valence-electron chi connectivity index (χ2n) is 7.04. The van der Waals surface area contributed by atoms with Crippen LogP contribution in [0.15, 0.2) is 61.1 Å². The van der Waals surface area contributed by atoms with Crippen LogP contribution >= 0.6 is 0 Å². The van der Waals surface area contributed by atoms with Gasteiger partial charge in [-0.1, -0.05) is 6.07 Å². The maximum atomic E-state index is 12.7. The smallest absolute Gasteiger partial charge is 0.255 e. The first-order chi connectivity index (χ1) is 15.1. The van der Waals surface area contributed by atoms with Gasteiger partial charge in [-0.3, -0.25) is 9.59 Å². The standard InChI is InChI=1S/C22H23N7O2/c1-3-27(4-2)21(30)14-28-11-10-16-12-18(8-9-20(16)28)24-22(31)17-6-5-7-19(13-17)29-15-23-25-26-29/h5-13,15H,3-4,14H2,1-2H3,(H,24,31). The molecule has 0 atom stereocenters. The zero-order valence-electron chi connectivity index (χ0n) is 17.4. The monoisotopic (exact) mass is 417 g/mol. The molecule has 2 aromatic carbocycles. The van der Waals surface area contributed by atoms with Crippen molar-refractivity contribution >= 4 is 28.4 Å². The zero-order chi connectivity index (χ0) is 21.8. The van der Waals surface area contributed by atoms with Crippen molar-refractivity contribution in [1.29, 1.82) is 0 Å². The van der Waals surface area contributed by atoms with Gasteiger partial charge in [-0.2, -0.15) is 0 Å². The van der Waals surface area contributed by atoms with Crippen LogP contribution in [0.5, 0.6) is 0 Å². The summed E-state index contributed by atoms with van der Waals surface area (Å²) in [6, 6.07) is 14.7. The molecule has 2 heterocycles. The van der Waals surface area contributed by atoms with E-state index in [9.17, 15) is 9.59 Å². The van der Waals surface area contributed by atoms with E-state index in [1.807, 2.05) is 59.8 Å². The average molecular weight is 417 g/mol. The first-order valence-corrected chi connectivity index (χ1v) is 10.1. The van der Waals surface area contributed by atoms with E-state index >= 15 is 0 Å². The first kappa shape index (κ1) is 20.3. The second-order valence-corrected chi connectivity index (χ2v) is 7.04. The van der Waals surface area contributed by atoms with E-state index in [4.69, 9.17) is 0 Å². The molecule has 0 aliphatic heterocycles. The van der Waals surface area contributed by atoms with Gasteiger partial charge in [0.2, 0.25) is 5.91 Å². The molecular weight excluding hydrogens is 394 g/mol. The van der Waals surface area contributed by atoms with E-state index in [-0.39, 0.29) is 11.8 Å². The predicted molar refractivity (Wildman–Crippen MR) is 117 cm³/mol. The highest BCUT2D eigenvalue weighted by atomic mass is 16.2. The molecule has 0 radical (unpaired) electrons. The van der Waals surface area contributed by atoms with Crippen LogP contribution in [-0.2, 0) is 11.3 Å². The summed E-state index contributed by atoms with van der Waals surface area (Å²) in [5, 5.41) is 15.0. The van der Waals surface area contributed by atoms with Gasteiger partial charge in [-0.15, -0.1) is 5.10 Å². The van der Waals surface area contributed by atoms with E-state index < -0.39 is 0 Å². The Morgan fingerprint density at radius 2 is 1.90 bits per heavy atom. The number of nitrogens with one attached hydrogen (secondary N) is 1. The summed E-state index contributed by atoms with van der Waals surface area (Å²) in [4.78, 5) is 27.0. The van der Waals surface area contributed by atoms with Gasteiger partial charge in [0.25, 0.3) is 5.91 Å². The summed E-state index contributed by atoms with van der Waals surface area (Å²) >= 11 is 0. The second kappa shape index (κ2) is 8.78. The quantitative estimate of drug-likeness (QED) is 0.499. The number of likely N-dealkylation sites (N-methyl/N-ethyl adjacent to an activating group) is 1. The average Bonchev–Trinajstić information content (AvgIpc) is 3.45. The van der Waals surface area contributed by atoms with Crippen LogP contribution in [0.25, 0.3) is 16.6 Å². The Bertz CT molecular complexity index is 1210. The highest BCUT2D eigenvalue weighted by molar-refractivity contribution is 6.05. The number of carbonyl (C=O) groups excluding carboxylic acids is 2. The van der Waals surface area contributed by atoms with Gasteiger partial charge in [-0.25, -0.2) is 4.68 Å². The molecule has 0 aliphatic carbocycles. The summed E-state index contributed by atoms with van der Waals surface area (Å²) in [6.45, 7) is 5.63. The zero-order valence-corrected chi connectivity index (χ0v) is 17.4. The fraction of sp³-hybridized carbons (Fsp3) is 0.227. The minimum Gasteiger partial charge on any atom is -0.342 e. The SMILES string of the molecule is CCN(CC)C(=O)Cn1ccc2cc(NC(=O)c3cccc(-n4cnnn4)c3)ccc21. The minimum absolute atomic E-state index is 0.0855. The van der Waals surface area contributed by atoms with Gasteiger partial charge in [0, 0.05) is 41.4 Å². The fourth-order valence-corrected chi connectivity index (χ4v) is 3.51. The summed E-state index contributed by atoms with van der Waals surface area (Å²) in [6.07, 6.45) is 3.37. The van der Waals surface area contributed by atoms with Gasteiger partial charge in [0.15, 0.2) is 0 Å². The molecule has 0 spiro atoms. The number of tetrazole rings is 1. The summed E-state index contributed by atoms with van der Waals surface area (Å²) < 4.78 is 3.42. The van der Waals surface area contributed by atoms with E-state index in [0.29, 0.717) is 36.6 Å². The molecule has 2 aromatic heterocycles. The van der Waals surface area contributed by atoms with Gasteiger partial charge < -0.3 is 14.8 Å². The third-order valence-corrected chi connectivity index (χ3v) is 5.17. The molecule has 0 unspecified atom stereocenters. The van der Waals surface area contributed by atoms with Gasteiger partial charge in [-0.05, 0) is 66.7 Å². The molecule has 2 amide bonds. The number of rotatable bonds is 7. The Morgan fingerprint density at radius 1 is 1.06 bits per heavy atom. The maximum Gasteiger partial charge on any atom is 0.255 e. The normalized spacial score (nSPS) is 10.9. The molecule has 4 aromatic rings. The van der Waals surface area contributed by atoms with Gasteiger partial charge in [0.05, 0.1) is 5.69 Å². The molecule has 0 aliphatic rings. The van der Waals surface area contributed by atoms with Crippen LogP contribution in [0.3, 0.4) is 0 Å². The van der Waals surface area contributed by atoms with Gasteiger partial charge >= 0.3 is 0 Å². The summed E-state index contributed by atoms with van der Waals surface area (Å²) in [5.41, 5.74) is 2.82. The van der Waals surface area contributed by atoms with Crippen molar-refractivity contribution in [3.8, 4) is 5.69 Å². The highest BCUT2D eigenvalue weighted by Gasteiger charge is 2.13. The van der Waals surface area contributed by atoms with Crippen LogP contribution in [0.1, 0.15) is 24.2 Å². The predicted octanol–water partition coefficient (Wildman–Crippen LogP) is 2.74. The molecule has 9 heteroatoms. The van der Waals surface area contributed by atoms with Crippen LogP contribution in [0.2, 0.25) is 0 Å². The van der Waals surface area contributed by atoms with Crippen molar-refractivity contribution in [2.45, 2.75) is 20.4 Å². The van der Waals surface area contributed by atoms with Crippen molar-refractivity contribution in [2.24, 2.45) is 0 Å². The molecule has 31 heavy (non-hydrogen) atoms. The van der Waals surface area contributed by atoms with E-state index in [0.717, 1.165) is 10.9 Å². The third-order valence-electron chi connectivity index (χ3n) is 5.17. The number of nitrogens with zero attached hydrogens (tertiary/aromatic N) is 6. The van der Waals surface area contributed by atoms with E-state index in [2.05, 4.69) is 20.8 Å². The third kappa shape index (κ3) is 4.30. The maximum absolute atomic E-state index is 12.7. The Hall–Kier alpha value is -4.01. The number of amides is 2. The summed E-state index contributed by atoms with van der Waals surface area (Å²) in [5.74, 6) is -0.146. The molecule has 1 N–H and O–H groups in total. The highest BCUT2D eigenvalue weighted by Crippen LogP contribution is 2.22. The molecule has 158 valence electrons. The Morgan fingerprint density at radius 3 is 2.65 bits per heavy atom. The van der Waals surface area contributed by atoms with E-state index in [1.165, 1.54) is 11.0 Å². The van der Waals surface area contributed by atoms with Crippen LogP contribution in [-0.4, -0.2) is 54.6 Å². The van der Waals surface area contributed by atoms with Crippen molar-refractivity contribution in [3.63, 3.8) is 0 Å². The molecule has 0 bridgehead atoms. The number of hydrogen-bond donors (Lipinski definition) is 1. The minimum atomic E-state index is -0.231. The van der Waals surface area contributed by atoms with Crippen molar-refractivity contribution in [3.05, 3.63) is 66.6 Å². The van der Waals surface area contributed by atoms with Crippen molar-refractivity contribution in [2.75, 3.05) is 18.4 Å². The van der Waals surface area contributed by atoms with Crippen LogP contribution in [0.4, 0.5) is 5.69 Å². The first-order valence-electron chi connectivity index (χ1n) is 10.1. The Balaban J connectivity index is 1.50. The number of benzene rings is 2. The van der Waals surface area contributed by atoms with E-state index in [1.54, 1.807) is 18.2 Å². The molecule has 0 saturated heterocycles. The molecule has 4 rings (SSSR count). The fourth-order valence-electron chi connectivity index (χ4n) is 3.51. The number of anilines is 1. The lowest BCUT2D eigenvalue weighted by atomic mass is 10.1. The van der Waals surface area contributed by atoms with Crippen LogP contribution in [0, 0.1) is 0 Å².